The second-order valence-electron chi connectivity index (χ2n) is 5.50. The predicted octanol–water partition coefficient (Wildman–Crippen LogP) is 2.18. The zero-order valence-corrected chi connectivity index (χ0v) is 12.0. The largest absolute Gasteiger partial charge is 0.462 e. The Kier molecular flexibility index (Phi) is 5.32. The van der Waals surface area contributed by atoms with Gasteiger partial charge in [0.25, 0.3) is 0 Å². The van der Waals surface area contributed by atoms with Gasteiger partial charge in [-0.1, -0.05) is 0 Å². The van der Waals surface area contributed by atoms with E-state index in [1.54, 1.807) is 27.7 Å². The monoisotopic (exact) mass is 270 g/mol. The number of rotatable bonds is 5. The van der Waals surface area contributed by atoms with Crippen LogP contribution in [0.4, 0.5) is 4.79 Å². The molecule has 108 valence electrons. The fourth-order valence-corrected chi connectivity index (χ4v) is 1.32. The first kappa shape index (κ1) is 15.5. The molecule has 0 bridgehead atoms. The molecular weight excluding hydrogens is 248 g/mol. The lowest BCUT2D eigenvalue weighted by Crippen LogP contribution is -2.35. The molecule has 0 aromatic heterocycles. The van der Waals surface area contributed by atoms with Crippen LogP contribution in [0.3, 0.4) is 0 Å². The molecule has 0 aromatic carbocycles. The van der Waals surface area contributed by atoms with Crippen molar-refractivity contribution in [2.24, 2.45) is 11.0 Å². The van der Waals surface area contributed by atoms with Crippen LogP contribution in [0.25, 0.3) is 0 Å². The van der Waals surface area contributed by atoms with Crippen molar-refractivity contribution in [3.8, 4) is 0 Å². The van der Waals surface area contributed by atoms with Crippen LogP contribution in [-0.2, 0) is 14.3 Å². The fourth-order valence-electron chi connectivity index (χ4n) is 1.32. The first-order valence-corrected chi connectivity index (χ1v) is 6.53. The lowest BCUT2D eigenvalue weighted by Gasteiger charge is -2.24. The smallest absolute Gasteiger partial charge is 0.430 e. The molecule has 0 atom stereocenters. The third kappa shape index (κ3) is 6.79. The van der Waals surface area contributed by atoms with E-state index >= 15 is 0 Å². The molecule has 1 saturated carbocycles. The molecule has 1 fully saturated rings. The molecule has 1 aliphatic rings. The van der Waals surface area contributed by atoms with Crippen LogP contribution in [0.5, 0.6) is 0 Å². The minimum Gasteiger partial charge on any atom is -0.462 e. The molecule has 0 aliphatic heterocycles. The van der Waals surface area contributed by atoms with Crippen molar-refractivity contribution in [1.82, 2.24) is 5.01 Å². The highest BCUT2D eigenvalue weighted by atomic mass is 16.6. The van der Waals surface area contributed by atoms with Gasteiger partial charge in [0.2, 0.25) is 0 Å². The van der Waals surface area contributed by atoms with E-state index in [4.69, 9.17) is 9.47 Å². The van der Waals surface area contributed by atoms with E-state index in [1.165, 1.54) is 5.01 Å². The molecule has 0 saturated heterocycles. The lowest BCUT2D eigenvalue weighted by molar-refractivity contribution is -0.134. The summed E-state index contributed by atoms with van der Waals surface area (Å²) in [5.74, 6) is -0.112. The number of carbonyl (C=O) groups excluding carboxylic acids is 2. The second kappa shape index (κ2) is 6.54. The van der Waals surface area contributed by atoms with Gasteiger partial charge < -0.3 is 9.47 Å². The molecule has 1 rings (SSSR count). The summed E-state index contributed by atoms with van der Waals surface area (Å²) < 4.78 is 9.97. The average molecular weight is 270 g/mol. The van der Waals surface area contributed by atoms with Crippen molar-refractivity contribution in [2.75, 3.05) is 13.2 Å². The summed E-state index contributed by atoms with van der Waals surface area (Å²) in [6.45, 7) is 7.83. The van der Waals surface area contributed by atoms with Crippen LogP contribution < -0.4 is 0 Å². The Hall–Kier alpha value is -1.59. The summed E-state index contributed by atoms with van der Waals surface area (Å²) in [7, 11) is 0. The Balaban J connectivity index is 2.60. The van der Waals surface area contributed by atoms with Crippen molar-refractivity contribution in [3.05, 3.63) is 0 Å². The molecule has 0 unspecified atom stereocenters. The van der Waals surface area contributed by atoms with Gasteiger partial charge in [0.1, 0.15) is 11.8 Å². The summed E-state index contributed by atoms with van der Waals surface area (Å²) in [5, 5.41) is 5.06. The lowest BCUT2D eigenvalue weighted by atomic mass is 10.2. The Bertz CT molecular complexity index is 356. The first-order valence-electron chi connectivity index (χ1n) is 6.53. The summed E-state index contributed by atoms with van der Waals surface area (Å²) in [6.07, 6.45) is 2.62. The fraction of sp³-hybridized carbons (Fsp3) is 0.769. The molecule has 6 nitrogen and oxygen atoms in total. The molecule has 19 heavy (non-hydrogen) atoms. The van der Waals surface area contributed by atoms with Crippen molar-refractivity contribution < 1.29 is 19.1 Å². The highest BCUT2D eigenvalue weighted by Crippen LogP contribution is 2.30. The molecule has 0 radical (unpaired) electrons. The Morgan fingerprint density at radius 2 is 2.00 bits per heavy atom. The maximum atomic E-state index is 11.9. The molecule has 0 spiro atoms. The van der Waals surface area contributed by atoms with Crippen molar-refractivity contribution >= 4 is 18.3 Å². The number of amides is 1. The third-order valence-corrected chi connectivity index (χ3v) is 2.32. The number of hydrazone groups is 1. The number of hydrogen-bond acceptors (Lipinski definition) is 5. The van der Waals surface area contributed by atoms with Gasteiger partial charge in [-0.2, -0.15) is 10.1 Å². The van der Waals surface area contributed by atoms with Gasteiger partial charge in [0, 0.05) is 0 Å². The van der Waals surface area contributed by atoms with Gasteiger partial charge in [-0.05, 0) is 46.5 Å². The maximum absolute atomic E-state index is 11.9. The van der Waals surface area contributed by atoms with Gasteiger partial charge in [0.15, 0.2) is 0 Å². The van der Waals surface area contributed by atoms with E-state index in [0.29, 0.717) is 12.5 Å². The SMILES string of the molecule is CCOC(=O)C=NN(CC1CC1)C(=O)OC(C)(C)C. The summed E-state index contributed by atoms with van der Waals surface area (Å²) in [5.41, 5.74) is -0.585. The number of hydrogen-bond donors (Lipinski definition) is 0. The maximum Gasteiger partial charge on any atom is 0.430 e. The topological polar surface area (TPSA) is 68.2 Å². The molecule has 0 aromatic rings. The number of nitrogens with zero attached hydrogens (tertiary/aromatic N) is 2. The highest BCUT2D eigenvalue weighted by molar-refractivity contribution is 6.23. The van der Waals surface area contributed by atoms with Gasteiger partial charge in [-0.25, -0.2) is 9.59 Å². The quantitative estimate of drug-likeness (QED) is 0.436. The Morgan fingerprint density at radius 3 is 2.47 bits per heavy atom. The van der Waals surface area contributed by atoms with Crippen molar-refractivity contribution in [3.63, 3.8) is 0 Å². The van der Waals surface area contributed by atoms with E-state index < -0.39 is 17.7 Å². The molecule has 0 heterocycles. The third-order valence-electron chi connectivity index (χ3n) is 2.32. The van der Waals surface area contributed by atoms with Crippen LogP contribution in [0.2, 0.25) is 0 Å². The van der Waals surface area contributed by atoms with Crippen LogP contribution in [-0.4, -0.2) is 42.0 Å². The summed E-state index contributed by atoms with van der Waals surface area (Å²) in [4.78, 5) is 23.1. The van der Waals surface area contributed by atoms with E-state index in [-0.39, 0.29) is 6.61 Å². The zero-order chi connectivity index (χ0) is 14.5. The number of esters is 1. The average Bonchev–Trinajstić information content (AvgIpc) is 3.05. The Labute approximate surface area is 113 Å². The van der Waals surface area contributed by atoms with Crippen LogP contribution in [0.1, 0.15) is 40.5 Å². The summed E-state index contributed by atoms with van der Waals surface area (Å²) >= 11 is 0. The van der Waals surface area contributed by atoms with Crippen molar-refractivity contribution in [2.45, 2.75) is 46.1 Å². The van der Waals surface area contributed by atoms with Gasteiger partial charge in [-0.3, -0.25) is 0 Å². The van der Waals surface area contributed by atoms with Crippen LogP contribution >= 0.6 is 0 Å². The highest BCUT2D eigenvalue weighted by Gasteiger charge is 2.29. The second-order valence-corrected chi connectivity index (χ2v) is 5.50. The predicted molar refractivity (Wildman–Crippen MR) is 70.8 cm³/mol. The van der Waals surface area contributed by atoms with Crippen LogP contribution in [0, 0.1) is 5.92 Å². The molecule has 6 heteroatoms. The van der Waals surface area contributed by atoms with E-state index in [9.17, 15) is 9.59 Å². The van der Waals surface area contributed by atoms with Crippen molar-refractivity contribution in [1.29, 1.82) is 0 Å². The standard InChI is InChI=1S/C13H22N2O4/c1-5-18-11(16)8-14-15(9-10-6-7-10)12(17)19-13(2,3)4/h8,10H,5-7,9H2,1-4H3. The summed E-state index contributed by atoms with van der Waals surface area (Å²) in [6, 6.07) is 0. The number of carbonyl (C=O) groups is 2. The minimum atomic E-state index is -0.585. The van der Waals surface area contributed by atoms with E-state index in [1.807, 2.05) is 0 Å². The minimum absolute atomic E-state index is 0.278. The van der Waals surface area contributed by atoms with Crippen LogP contribution in [0.15, 0.2) is 5.10 Å². The van der Waals surface area contributed by atoms with Gasteiger partial charge in [0.05, 0.1) is 13.2 Å². The molecule has 0 N–H and O–H groups in total. The molecule has 1 amide bonds. The zero-order valence-electron chi connectivity index (χ0n) is 12.0. The van der Waals surface area contributed by atoms with Gasteiger partial charge >= 0.3 is 12.1 Å². The van der Waals surface area contributed by atoms with E-state index in [2.05, 4.69) is 5.10 Å². The number of ether oxygens (including phenoxy) is 2. The Morgan fingerprint density at radius 1 is 1.37 bits per heavy atom. The molecular formula is C13H22N2O4. The first-order chi connectivity index (χ1) is 8.81. The van der Waals surface area contributed by atoms with Gasteiger partial charge in [-0.15, -0.1) is 0 Å². The normalized spacial score (nSPS) is 15.4. The molecule has 1 aliphatic carbocycles. The van der Waals surface area contributed by atoms with E-state index in [0.717, 1.165) is 19.1 Å².